The number of imidazole rings is 1. The Balaban J connectivity index is 2.25. The van der Waals surface area contributed by atoms with E-state index in [9.17, 15) is 13.2 Å². The first kappa shape index (κ1) is 14.1. The lowest BCUT2D eigenvalue weighted by Crippen LogP contribution is -2.36. The van der Waals surface area contributed by atoms with Gasteiger partial charge in [-0.05, 0) is 34.8 Å². The average molecular weight is 369 g/mol. The molecular formula is C12H10BrClF3N3. The molecule has 0 aromatic carbocycles. The van der Waals surface area contributed by atoms with Crippen molar-refractivity contribution in [2.45, 2.75) is 31.0 Å². The normalized spacial score (nSPS) is 17.6. The summed E-state index contributed by atoms with van der Waals surface area (Å²) in [6.45, 7) is 0. The Kier molecular flexibility index (Phi) is 3.25. The van der Waals surface area contributed by atoms with E-state index in [1.807, 2.05) is 0 Å². The monoisotopic (exact) mass is 367 g/mol. The van der Waals surface area contributed by atoms with Crippen molar-refractivity contribution in [3.63, 3.8) is 0 Å². The highest BCUT2D eigenvalue weighted by molar-refractivity contribution is 9.10. The Morgan fingerprint density at radius 1 is 1.40 bits per heavy atom. The fourth-order valence-electron chi connectivity index (χ4n) is 2.44. The first-order valence-corrected chi connectivity index (χ1v) is 7.38. The van der Waals surface area contributed by atoms with E-state index in [-0.39, 0.29) is 30.8 Å². The number of rotatable bonds is 3. The molecule has 0 spiro atoms. The van der Waals surface area contributed by atoms with Gasteiger partial charge in [0.15, 0.2) is 5.65 Å². The van der Waals surface area contributed by atoms with Gasteiger partial charge in [-0.1, -0.05) is 0 Å². The summed E-state index contributed by atoms with van der Waals surface area (Å²) >= 11 is 8.94. The van der Waals surface area contributed by atoms with Crippen LogP contribution in [-0.2, 0) is 12.0 Å². The summed E-state index contributed by atoms with van der Waals surface area (Å²) in [6, 6.07) is 1.67. The summed E-state index contributed by atoms with van der Waals surface area (Å²) in [5.74, 6) is 0.564. The standard InChI is InChI=1S/C12H10BrClF3N3/c13-7-5-8-10(18-6-7)20(9(19-8)1-4-14)11(2-3-11)12(15,16)17/h5-6H,1-4H2. The van der Waals surface area contributed by atoms with E-state index in [1.54, 1.807) is 6.07 Å². The SMILES string of the molecule is FC(F)(F)C1(n2c(CCCl)nc3cc(Br)cnc32)CC1. The minimum atomic E-state index is -4.31. The Hall–Kier alpha value is -0.820. The average Bonchev–Trinajstić information content (AvgIpc) is 3.07. The maximum Gasteiger partial charge on any atom is 0.412 e. The fraction of sp³-hybridized carbons (Fsp3) is 0.500. The third-order valence-electron chi connectivity index (χ3n) is 3.53. The number of fused-ring (bicyclic) bond motifs is 1. The molecular weight excluding hydrogens is 359 g/mol. The zero-order valence-electron chi connectivity index (χ0n) is 10.2. The zero-order valence-corrected chi connectivity index (χ0v) is 12.6. The van der Waals surface area contributed by atoms with Crippen molar-refractivity contribution in [2.75, 3.05) is 5.88 Å². The molecule has 0 atom stereocenters. The molecule has 0 aliphatic heterocycles. The van der Waals surface area contributed by atoms with Gasteiger partial charge < -0.3 is 0 Å². The van der Waals surface area contributed by atoms with Crippen molar-refractivity contribution in [3.8, 4) is 0 Å². The molecule has 1 aliphatic carbocycles. The predicted molar refractivity (Wildman–Crippen MR) is 72.9 cm³/mol. The highest BCUT2D eigenvalue weighted by Crippen LogP contribution is 2.56. The summed E-state index contributed by atoms with van der Waals surface area (Å²) in [7, 11) is 0. The lowest BCUT2D eigenvalue weighted by Gasteiger charge is -2.23. The van der Waals surface area contributed by atoms with Crippen molar-refractivity contribution in [1.82, 2.24) is 14.5 Å². The van der Waals surface area contributed by atoms with Crippen LogP contribution in [0.1, 0.15) is 18.7 Å². The van der Waals surface area contributed by atoms with Gasteiger partial charge in [-0.3, -0.25) is 4.57 Å². The number of hydrogen-bond donors (Lipinski definition) is 0. The molecule has 20 heavy (non-hydrogen) atoms. The second kappa shape index (κ2) is 4.59. The summed E-state index contributed by atoms with van der Waals surface area (Å²) in [5.41, 5.74) is -1.14. The van der Waals surface area contributed by atoms with Gasteiger partial charge >= 0.3 is 6.18 Å². The van der Waals surface area contributed by atoms with Crippen LogP contribution in [0.5, 0.6) is 0 Å². The van der Waals surface area contributed by atoms with Gasteiger partial charge in [0.1, 0.15) is 16.9 Å². The third-order valence-corrected chi connectivity index (χ3v) is 4.15. The third kappa shape index (κ3) is 2.02. The Morgan fingerprint density at radius 3 is 2.65 bits per heavy atom. The molecule has 1 aliphatic rings. The van der Waals surface area contributed by atoms with Crippen LogP contribution in [0, 0.1) is 0 Å². The number of hydrogen-bond acceptors (Lipinski definition) is 2. The summed E-state index contributed by atoms with van der Waals surface area (Å²) < 4.78 is 42.0. The minimum absolute atomic E-state index is 0.0645. The van der Waals surface area contributed by atoms with E-state index in [0.29, 0.717) is 15.8 Å². The number of aryl methyl sites for hydroxylation is 1. The van der Waals surface area contributed by atoms with Gasteiger partial charge in [0, 0.05) is 23.0 Å². The van der Waals surface area contributed by atoms with Crippen molar-refractivity contribution >= 4 is 38.7 Å². The molecule has 108 valence electrons. The first-order valence-electron chi connectivity index (χ1n) is 6.05. The molecule has 1 fully saturated rings. The molecule has 0 amide bonds. The fourth-order valence-corrected chi connectivity index (χ4v) is 2.93. The highest BCUT2D eigenvalue weighted by atomic mass is 79.9. The van der Waals surface area contributed by atoms with Gasteiger partial charge in [0.05, 0.1) is 0 Å². The number of nitrogens with zero attached hydrogens (tertiary/aromatic N) is 3. The van der Waals surface area contributed by atoms with Crippen molar-refractivity contribution in [3.05, 3.63) is 22.6 Å². The maximum atomic E-state index is 13.4. The van der Waals surface area contributed by atoms with E-state index in [0.717, 1.165) is 0 Å². The number of halogens is 5. The molecule has 0 saturated heterocycles. The molecule has 2 aromatic heterocycles. The summed E-state index contributed by atoms with van der Waals surface area (Å²) in [5, 5.41) is 0. The smallest absolute Gasteiger partial charge is 0.297 e. The number of aromatic nitrogens is 3. The van der Waals surface area contributed by atoms with Gasteiger partial charge in [-0.15, -0.1) is 11.6 Å². The van der Waals surface area contributed by atoms with Crippen LogP contribution in [-0.4, -0.2) is 26.6 Å². The van der Waals surface area contributed by atoms with Gasteiger partial charge in [-0.25, -0.2) is 9.97 Å². The molecule has 3 nitrogen and oxygen atoms in total. The molecule has 0 unspecified atom stereocenters. The summed E-state index contributed by atoms with van der Waals surface area (Å²) in [4.78, 5) is 8.38. The lowest BCUT2D eigenvalue weighted by atomic mass is 10.2. The van der Waals surface area contributed by atoms with Crippen molar-refractivity contribution < 1.29 is 13.2 Å². The molecule has 0 radical (unpaired) electrons. The van der Waals surface area contributed by atoms with E-state index >= 15 is 0 Å². The van der Waals surface area contributed by atoms with E-state index in [2.05, 4.69) is 25.9 Å². The van der Waals surface area contributed by atoms with Crippen LogP contribution in [0.4, 0.5) is 13.2 Å². The second-order valence-corrected chi connectivity index (χ2v) is 6.12. The lowest BCUT2D eigenvalue weighted by molar-refractivity contribution is -0.179. The van der Waals surface area contributed by atoms with Crippen LogP contribution < -0.4 is 0 Å². The molecule has 2 aromatic rings. The van der Waals surface area contributed by atoms with E-state index < -0.39 is 11.7 Å². The number of pyridine rings is 1. The van der Waals surface area contributed by atoms with Crippen LogP contribution in [0.2, 0.25) is 0 Å². The molecule has 3 rings (SSSR count). The molecule has 2 heterocycles. The van der Waals surface area contributed by atoms with Gasteiger partial charge in [0.2, 0.25) is 0 Å². The quantitative estimate of drug-likeness (QED) is 0.766. The molecule has 8 heteroatoms. The maximum absolute atomic E-state index is 13.4. The van der Waals surface area contributed by atoms with Crippen LogP contribution in [0.25, 0.3) is 11.2 Å². The van der Waals surface area contributed by atoms with Crippen molar-refractivity contribution in [2.24, 2.45) is 0 Å². The molecule has 0 bridgehead atoms. The second-order valence-electron chi connectivity index (χ2n) is 4.83. The van der Waals surface area contributed by atoms with Crippen LogP contribution in [0.15, 0.2) is 16.7 Å². The zero-order chi connectivity index (χ0) is 14.5. The first-order chi connectivity index (χ1) is 9.39. The Morgan fingerprint density at radius 2 is 2.10 bits per heavy atom. The number of alkyl halides is 4. The van der Waals surface area contributed by atoms with E-state index in [4.69, 9.17) is 11.6 Å². The van der Waals surface area contributed by atoms with Crippen LogP contribution in [0.3, 0.4) is 0 Å². The topological polar surface area (TPSA) is 30.7 Å². The Labute approximate surface area is 126 Å². The van der Waals surface area contributed by atoms with Crippen LogP contribution >= 0.6 is 27.5 Å². The summed E-state index contributed by atoms with van der Waals surface area (Å²) in [6.07, 6.45) is -2.41. The molecule has 0 N–H and O–H groups in total. The Bertz CT molecular complexity index is 664. The van der Waals surface area contributed by atoms with Gasteiger partial charge in [-0.2, -0.15) is 13.2 Å². The highest BCUT2D eigenvalue weighted by Gasteiger charge is 2.66. The van der Waals surface area contributed by atoms with E-state index in [1.165, 1.54) is 10.8 Å². The minimum Gasteiger partial charge on any atom is -0.297 e. The largest absolute Gasteiger partial charge is 0.412 e. The van der Waals surface area contributed by atoms with Gasteiger partial charge in [0.25, 0.3) is 0 Å². The van der Waals surface area contributed by atoms with Crippen molar-refractivity contribution in [1.29, 1.82) is 0 Å². The predicted octanol–water partition coefficient (Wildman–Crippen LogP) is 4.03. The molecule has 1 saturated carbocycles.